The number of hydrogen-bond donors (Lipinski definition) is 0. The molecule has 0 spiro atoms. The van der Waals surface area contributed by atoms with Crippen molar-refractivity contribution in [1.29, 1.82) is 0 Å². The molecule has 112 valence electrons. The zero-order chi connectivity index (χ0) is 15.5. The Bertz CT molecular complexity index is 814. The number of thiazole rings is 1. The average Bonchev–Trinajstić information content (AvgIpc) is 2.91. The summed E-state index contributed by atoms with van der Waals surface area (Å²) in [6.07, 6.45) is 2.68. The second-order valence-electron chi connectivity index (χ2n) is 5.50. The zero-order valence-electron chi connectivity index (χ0n) is 12.9. The van der Waals surface area contributed by atoms with E-state index >= 15 is 0 Å². The van der Waals surface area contributed by atoms with Gasteiger partial charge >= 0.3 is 0 Å². The molecule has 1 aromatic heterocycles. The summed E-state index contributed by atoms with van der Waals surface area (Å²) in [5, 5.41) is 3.55. The van der Waals surface area contributed by atoms with Crippen LogP contribution in [0.2, 0.25) is 0 Å². The Kier molecular flexibility index (Phi) is 4.34. The maximum absolute atomic E-state index is 11.8. The van der Waals surface area contributed by atoms with E-state index in [-0.39, 0.29) is 5.78 Å². The molecule has 22 heavy (non-hydrogen) atoms. The minimum absolute atomic E-state index is 0.130. The quantitative estimate of drug-likeness (QED) is 0.618. The fraction of sp³-hybridized carbons (Fsp3) is 0.263. The van der Waals surface area contributed by atoms with Gasteiger partial charge in [0.25, 0.3) is 0 Å². The van der Waals surface area contributed by atoms with Crippen molar-refractivity contribution in [2.24, 2.45) is 0 Å². The number of carbonyl (C=O) groups is 1. The van der Waals surface area contributed by atoms with Gasteiger partial charge in [-0.1, -0.05) is 55.8 Å². The Balaban J connectivity index is 1.98. The largest absolute Gasteiger partial charge is 0.294 e. The first-order valence-corrected chi connectivity index (χ1v) is 8.47. The van der Waals surface area contributed by atoms with Crippen molar-refractivity contribution in [3.63, 3.8) is 0 Å². The van der Waals surface area contributed by atoms with Crippen molar-refractivity contribution in [3.8, 4) is 0 Å². The van der Waals surface area contributed by atoms with Crippen LogP contribution in [0.25, 0.3) is 10.8 Å². The Morgan fingerprint density at radius 3 is 2.68 bits per heavy atom. The predicted octanol–water partition coefficient (Wildman–Crippen LogP) is 5.04. The summed E-state index contributed by atoms with van der Waals surface area (Å²) < 4.78 is 0. The Morgan fingerprint density at radius 2 is 1.91 bits per heavy atom. The summed E-state index contributed by atoms with van der Waals surface area (Å²) in [6, 6.07) is 14.8. The number of hydrogen-bond acceptors (Lipinski definition) is 3. The fourth-order valence-corrected chi connectivity index (χ4v) is 3.80. The van der Waals surface area contributed by atoms with Crippen LogP contribution in [0.5, 0.6) is 0 Å². The van der Waals surface area contributed by atoms with Gasteiger partial charge in [-0.15, -0.1) is 11.3 Å². The molecular weight excluding hydrogens is 290 g/mol. The van der Waals surface area contributed by atoms with Crippen molar-refractivity contribution < 1.29 is 4.79 Å². The molecule has 0 aliphatic heterocycles. The highest BCUT2D eigenvalue weighted by molar-refractivity contribution is 7.13. The molecule has 0 amide bonds. The third kappa shape index (κ3) is 2.95. The second-order valence-corrected chi connectivity index (χ2v) is 6.59. The highest BCUT2D eigenvalue weighted by Gasteiger charge is 2.15. The van der Waals surface area contributed by atoms with Gasteiger partial charge in [0.2, 0.25) is 0 Å². The van der Waals surface area contributed by atoms with E-state index in [0.717, 1.165) is 34.8 Å². The molecule has 0 radical (unpaired) electrons. The van der Waals surface area contributed by atoms with Crippen LogP contribution < -0.4 is 0 Å². The van der Waals surface area contributed by atoms with Crippen molar-refractivity contribution >= 4 is 27.9 Å². The number of nitrogens with zero attached hydrogens (tertiary/aromatic N) is 1. The lowest BCUT2D eigenvalue weighted by Gasteiger charge is -2.04. The van der Waals surface area contributed by atoms with Crippen LogP contribution >= 0.6 is 11.3 Å². The van der Waals surface area contributed by atoms with Crippen LogP contribution in [-0.4, -0.2) is 10.8 Å². The van der Waals surface area contributed by atoms with Gasteiger partial charge in [0.15, 0.2) is 5.78 Å². The monoisotopic (exact) mass is 309 g/mol. The molecular formula is C19H19NOS. The maximum atomic E-state index is 11.8. The molecule has 0 atom stereocenters. The van der Waals surface area contributed by atoms with Gasteiger partial charge in [-0.2, -0.15) is 0 Å². The van der Waals surface area contributed by atoms with E-state index in [1.807, 2.05) is 0 Å². The number of aryl methyl sites for hydroxylation is 1. The van der Waals surface area contributed by atoms with Gasteiger partial charge in [0.1, 0.15) is 0 Å². The van der Waals surface area contributed by atoms with E-state index in [9.17, 15) is 4.79 Å². The third-order valence-corrected chi connectivity index (χ3v) is 4.97. The molecule has 0 fully saturated rings. The first kappa shape index (κ1) is 14.9. The van der Waals surface area contributed by atoms with E-state index in [1.54, 1.807) is 18.3 Å². The number of Topliss-reactive ketones (excluding diaryl/α,β-unsaturated/α-hetero) is 1. The molecule has 1 heterocycles. The molecule has 3 heteroatoms. The Morgan fingerprint density at radius 1 is 1.14 bits per heavy atom. The highest BCUT2D eigenvalue weighted by atomic mass is 32.1. The van der Waals surface area contributed by atoms with Gasteiger partial charge in [0, 0.05) is 13.3 Å². The molecule has 0 N–H and O–H groups in total. The van der Waals surface area contributed by atoms with Crippen LogP contribution in [0, 0.1) is 0 Å². The molecule has 0 saturated carbocycles. The standard InChI is InChI=1S/C19H19NOS/c1-3-7-17-19(13(2)21)22-18(20-17)12-15-10-6-9-14-8-4-5-11-16(14)15/h4-6,8-11H,3,7,12H2,1-2H3. The lowest BCUT2D eigenvalue weighted by Crippen LogP contribution is -1.95. The van der Waals surface area contributed by atoms with Crippen molar-refractivity contribution in [3.05, 3.63) is 63.6 Å². The molecule has 2 aromatic carbocycles. The summed E-state index contributed by atoms with van der Waals surface area (Å²) in [5.41, 5.74) is 2.24. The summed E-state index contributed by atoms with van der Waals surface area (Å²) in [7, 11) is 0. The first-order chi connectivity index (χ1) is 10.7. The van der Waals surface area contributed by atoms with Gasteiger partial charge in [0.05, 0.1) is 15.6 Å². The molecule has 0 saturated heterocycles. The number of aromatic nitrogens is 1. The number of rotatable bonds is 5. The first-order valence-electron chi connectivity index (χ1n) is 7.65. The van der Waals surface area contributed by atoms with E-state index < -0.39 is 0 Å². The Hall–Kier alpha value is -2.00. The minimum Gasteiger partial charge on any atom is -0.294 e. The van der Waals surface area contributed by atoms with Crippen LogP contribution in [-0.2, 0) is 12.8 Å². The average molecular weight is 309 g/mol. The SMILES string of the molecule is CCCc1nc(Cc2cccc3ccccc23)sc1C(C)=O. The molecule has 3 aromatic rings. The topological polar surface area (TPSA) is 30.0 Å². The minimum atomic E-state index is 0.130. The normalized spacial score (nSPS) is 11.0. The fourth-order valence-electron chi connectivity index (χ4n) is 2.77. The molecule has 0 unspecified atom stereocenters. The molecule has 0 aliphatic carbocycles. The smallest absolute Gasteiger partial charge is 0.171 e. The molecule has 3 rings (SSSR count). The van der Waals surface area contributed by atoms with E-state index in [0.29, 0.717) is 0 Å². The van der Waals surface area contributed by atoms with Crippen molar-refractivity contribution in [2.45, 2.75) is 33.1 Å². The summed E-state index contributed by atoms with van der Waals surface area (Å²) in [5.74, 6) is 0.130. The lowest BCUT2D eigenvalue weighted by atomic mass is 10.0. The van der Waals surface area contributed by atoms with Crippen LogP contribution in [0.4, 0.5) is 0 Å². The predicted molar refractivity (Wildman–Crippen MR) is 92.9 cm³/mol. The number of ketones is 1. The Labute approximate surface area is 134 Å². The number of fused-ring (bicyclic) bond motifs is 1. The third-order valence-electron chi connectivity index (χ3n) is 3.77. The van der Waals surface area contributed by atoms with E-state index in [4.69, 9.17) is 4.98 Å². The van der Waals surface area contributed by atoms with Gasteiger partial charge < -0.3 is 0 Å². The van der Waals surface area contributed by atoms with Gasteiger partial charge in [-0.3, -0.25) is 4.79 Å². The molecule has 2 nitrogen and oxygen atoms in total. The highest BCUT2D eigenvalue weighted by Crippen LogP contribution is 2.26. The lowest BCUT2D eigenvalue weighted by molar-refractivity contribution is 0.102. The van der Waals surface area contributed by atoms with Crippen molar-refractivity contribution in [1.82, 2.24) is 4.98 Å². The molecule has 0 bridgehead atoms. The maximum Gasteiger partial charge on any atom is 0.171 e. The number of carbonyl (C=O) groups excluding carboxylic acids is 1. The zero-order valence-corrected chi connectivity index (χ0v) is 13.7. The van der Waals surface area contributed by atoms with Crippen LogP contribution in [0.3, 0.4) is 0 Å². The van der Waals surface area contributed by atoms with Gasteiger partial charge in [-0.25, -0.2) is 4.98 Å². The number of benzene rings is 2. The van der Waals surface area contributed by atoms with E-state index in [1.165, 1.54) is 16.3 Å². The van der Waals surface area contributed by atoms with Crippen LogP contribution in [0.15, 0.2) is 42.5 Å². The second kappa shape index (κ2) is 6.41. The summed E-state index contributed by atoms with van der Waals surface area (Å²) in [6.45, 7) is 3.75. The molecule has 0 aliphatic rings. The van der Waals surface area contributed by atoms with Crippen LogP contribution in [0.1, 0.15) is 46.2 Å². The summed E-state index contributed by atoms with van der Waals surface area (Å²) >= 11 is 1.55. The van der Waals surface area contributed by atoms with Crippen molar-refractivity contribution in [2.75, 3.05) is 0 Å². The summed E-state index contributed by atoms with van der Waals surface area (Å²) in [4.78, 5) is 17.3. The van der Waals surface area contributed by atoms with Gasteiger partial charge in [-0.05, 0) is 22.8 Å². The van der Waals surface area contributed by atoms with E-state index in [2.05, 4.69) is 49.4 Å².